The van der Waals surface area contributed by atoms with Gasteiger partial charge in [0.2, 0.25) is 0 Å². The summed E-state index contributed by atoms with van der Waals surface area (Å²) >= 11 is 0. The summed E-state index contributed by atoms with van der Waals surface area (Å²) in [5.41, 5.74) is 6.46. The van der Waals surface area contributed by atoms with Gasteiger partial charge in [0, 0.05) is 32.3 Å². The molecule has 1 heterocycles. The number of nitrogens with zero attached hydrogens (tertiary/aromatic N) is 3. The van der Waals surface area contributed by atoms with Crippen LogP contribution in [-0.4, -0.2) is 34.1 Å². The number of aromatic nitrogens is 2. The minimum atomic E-state index is 0.0960. The summed E-state index contributed by atoms with van der Waals surface area (Å²) in [5.74, 6) is 0.335. The van der Waals surface area contributed by atoms with E-state index in [-0.39, 0.29) is 11.8 Å². The van der Waals surface area contributed by atoms with Crippen LogP contribution in [0.15, 0.2) is 12.3 Å². The smallest absolute Gasteiger partial charge is 0.0947 e. The lowest BCUT2D eigenvalue weighted by Crippen LogP contribution is -2.31. The fraction of sp³-hybridized carbons (Fsp3) is 0.600. The Labute approximate surface area is 90.4 Å². The van der Waals surface area contributed by atoms with Gasteiger partial charge >= 0.3 is 0 Å². The maximum absolute atomic E-state index is 7.31. The highest BCUT2D eigenvalue weighted by atomic mass is 15.3. The van der Waals surface area contributed by atoms with Crippen molar-refractivity contribution in [3.63, 3.8) is 0 Å². The van der Waals surface area contributed by atoms with Gasteiger partial charge in [-0.25, -0.2) is 0 Å². The van der Waals surface area contributed by atoms with Gasteiger partial charge in [-0.3, -0.25) is 15.0 Å². The summed E-state index contributed by atoms with van der Waals surface area (Å²) in [7, 11) is 3.91. The summed E-state index contributed by atoms with van der Waals surface area (Å²) in [6.45, 7) is 3.53. The average molecular weight is 209 g/mol. The number of aryl methyl sites for hydroxylation is 1. The molecule has 0 saturated carbocycles. The van der Waals surface area contributed by atoms with E-state index in [1.807, 2.05) is 33.3 Å². The number of nitrogens with two attached hydrogens (primary N) is 1. The first-order valence-corrected chi connectivity index (χ1v) is 5.00. The normalized spacial score (nSPS) is 13.1. The first-order valence-electron chi connectivity index (χ1n) is 5.00. The quantitative estimate of drug-likeness (QED) is 0.545. The summed E-state index contributed by atoms with van der Waals surface area (Å²) in [5, 5.41) is 11.6. The molecule has 0 aliphatic heterocycles. The minimum Gasteiger partial charge on any atom is -0.387 e. The molecule has 1 aromatic heterocycles. The zero-order valence-corrected chi connectivity index (χ0v) is 9.57. The number of amidine groups is 1. The number of hydrogen-bond acceptors (Lipinski definition) is 3. The lowest BCUT2D eigenvalue weighted by molar-refractivity contribution is 0.302. The molecule has 0 fully saturated rings. The predicted octanol–water partition coefficient (Wildman–Crippen LogP) is 0.424. The molecule has 1 aromatic rings. The molecular formula is C10H19N5. The van der Waals surface area contributed by atoms with Crippen LogP contribution >= 0.6 is 0 Å². The summed E-state index contributed by atoms with van der Waals surface area (Å²) in [4.78, 5) is 2.12. The number of hydrogen-bond donors (Lipinski definition) is 2. The van der Waals surface area contributed by atoms with Crippen LogP contribution in [0.1, 0.15) is 12.6 Å². The van der Waals surface area contributed by atoms with E-state index >= 15 is 0 Å². The van der Waals surface area contributed by atoms with Crippen molar-refractivity contribution in [3.8, 4) is 0 Å². The number of nitrogens with one attached hydrogen (secondary N) is 1. The molecule has 0 aromatic carbocycles. The summed E-state index contributed by atoms with van der Waals surface area (Å²) < 4.78 is 1.79. The molecule has 84 valence electrons. The molecule has 1 atom stereocenters. The third-order valence-electron chi connectivity index (χ3n) is 2.32. The molecule has 1 unspecified atom stereocenters. The van der Waals surface area contributed by atoms with Gasteiger partial charge in [-0.05, 0) is 13.1 Å². The monoisotopic (exact) mass is 209 g/mol. The topological polar surface area (TPSA) is 70.9 Å². The van der Waals surface area contributed by atoms with Crippen LogP contribution in [-0.2, 0) is 13.6 Å². The van der Waals surface area contributed by atoms with E-state index in [1.165, 1.54) is 0 Å². The van der Waals surface area contributed by atoms with Gasteiger partial charge in [-0.2, -0.15) is 5.10 Å². The van der Waals surface area contributed by atoms with Gasteiger partial charge < -0.3 is 5.73 Å². The summed E-state index contributed by atoms with van der Waals surface area (Å²) in [6, 6.07) is 1.99. The van der Waals surface area contributed by atoms with Crippen molar-refractivity contribution >= 4 is 5.84 Å². The lowest BCUT2D eigenvalue weighted by atomic mass is 10.1. The van der Waals surface area contributed by atoms with Gasteiger partial charge in [0.25, 0.3) is 0 Å². The molecule has 0 spiro atoms. The standard InChI is InChI=1S/C10H19N5/c1-8(10(11)12)6-14(2)7-9-4-5-15(3)13-9/h4-5,8H,6-7H2,1-3H3,(H3,11,12). The Morgan fingerprint density at radius 1 is 1.73 bits per heavy atom. The highest BCUT2D eigenvalue weighted by molar-refractivity contribution is 5.79. The largest absolute Gasteiger partial charge is 0.387 e. The van der Waals surface area contributed by atoms with E-state index in [0.717, 1.165) is 18.8 Å². The Morgan fingerprint density at radius 2 is 2.40 bits per heavy atom. The van der Waals surface area contributed by atoms with Crippen molar-refractivity contribution in [2.45, 2.75) is 13.5 Å². The average Bonchev–Trinajstić information content (AvgIpc) is 2.50. The van der Waals surface area contributed by atoms with Crippen LogP contribution in [0.25, 0.3) is 0 Å². The molecule has 0 bridgehead atoms. The second-order valence-electron chi connectivity index (χ2n) is 4.03. The summed E-state index contributed by atoms with van der Waals surface area (Å²) in [6.07, 6.45) is 1.93. The van der Waals surface area contributed by atoms with E-state index in [1.54, 1.807) is 4.68 Å². The van der Waals surface area contributed by atoms with Gasteiger partial charge in [0.05, 0.1) is 11.5 Å². The second-order valence-corrected chi connectivity index (χ2v) is 4.03. The van der Waals surface area contributed by atoms with Gasteiger partial charge in [0.15, 0.2) is 0 Å². The Balaban J connectivity index is 2.42. The predicted molar refractivity (Wildman–Crippen MR) is 60.6 cm³/mol. The fourth-order valence-electron chi connectivity index (χ4n) is 1.45. The van der Waals surface area contributed by atoms with E-state index < -0.39 is 0 Å². The van der Waals surface area contributed by atoms with Crippen LogP contribution in [0, 0.1) is 11.3 Å². The van der Waals surface area contributed by atoms with Crippen LogP contribution in [0.3, 0.4) is 0 Å². The maximum atomic E-state index is 7.31. The molecule has 0 aliphatic rings. The first kappa shape index (κ1) is 11.7. The molecule has 0 amide bonds. The van der Waals surface area contributed by atoms with Crippen molar-refractivity contribution in [3.05, 3.63) is 18.0 Å². The van der Waals surface area contributed by atoms with E-state index in [4.69, 9.17) is 11.1 Å². The maximum Gasteiger partial charge on any atom is 0.0947 e. The molecule has 1 rings (SSSR count). The highest BCUT2D eigenvalue weighted by Crippen LogP contribution is 2.03. The minimum absolute atomic E-state index is 0.0960. The highest BCUT2D eigenvalue weighted by Gasteiger charge is 2.10. The van der Waals surface area contributed by atoms with Crippen molar-refractivity contribution in [1.29, 1.82) is 5.41 Å². The zero-order chi connectivity index (χ0) is 11.4. The van der Waals surface area contributed by atoms with Gasteiger partial charge in [0.1, 0.15) is 0 Å². The van der Waals surface area contributed by atoms with E-state index in [0.29, 0.717) is 0 Å². The zero-order valence-electron chi connectivity index (χ0n) is 9.57. The Morgan fingerprint density at radius 3 is 2.87 bits per heavy atom. The molecule has 0 saturated heterocycles. The molecule has 3 N–H and O–H groups in total. The van der Waals surface area contributed by atoms with Crippen molar-refractivity contribution in [1.82, 2.24) is 14.7 Å². The van der Waals surface area contributed by atoms with Crippen LogP contribution in [0.5, 0.6) is 0 Å². The van der Waals surface area contributed by atoms with Crippen molar-refractivity contribution < 1.29 is 0 Å². The van der Waals surface area contributed by atoms with Crippen molar-refractivity contribution in [2.75, 3.05) is 13.6 Å². The second kappa shape index (κ2) is 4.93. The first-order chi connectivity index (χ1) is 6.99. The van der Waals surface area contributed by atoms with E-state index in [9.17, 15) is 0 Å². The van der Waals surface area contributed by atoms with Gasteiger partial charge in [-0.15, -0.1) is 0 Å². The molecule has 5 nitrogen and oxygen atoms in total. The fourth-order valence-corrected chi connectivity index (χ4v) is 1.45. The Hall–Kier alpha value is -1.36. The van der Waals surface area contributed by atoms with E-state index in [2.05, 4.69) is 10.00 Å². The van der Waals surface area contributed by atoms with Crippen molar-refractivity contribution in [2.24, 2.45) is 18.7 Å². The Bertz CT molecular complexity index is 330. The molecule has 5 heteroatoms. The third kappa shape index (κ3) is 3.71. The third-order valence-corrected chi connectivity index (χ3v) is 2.32. The molecular weight excluding hydrogens is 190 g/mol. The Kier molecular flexibility index (Phi) is 3.85. The molecule has 0 aliphatic carbocycles. The lowest BCUT2D eigenvalue weighted by Gasteiger charge is -2.19. The SMILES string of the molecule is CC(CN(C)Cc1ccn(C)n1)C(=N)N. The van der Waals surface area contributed by atoms with Crippen LogP contribution < -0.4 is 5.73 Å². The molecule has 15 heavy (non-hydrogen) atoms. The van der Waals surface area contributed by atoms with Crippen LogP contribution in [0.4, 0.5) is 0 Å². The number of rotatable bonds is 5. The van der Waals surface area contributed by atoms with Crippen LogP contribution in [0.2, 0.25) is 0 Å². The molecule has 0 radical (unpaired) electrons. The van der Waals surface area contributed by atoms with Gasteiger partial charge in [-0.1, -0.05) is 6.92 Å².